The fraction of sp³-hybridized carbons (Fsp3) is 0.273. The Morgan fingerprint density at radius 3 is 2.28 bits per heavy atom. The van der Waals surface area contributed by atoms with Crippen LogP contribution < -0.4 is 0 Å². The summed E-state index contributed by atoms with van der Waals surface area (Å²) in [5, 5.41) is 22.4. The van der Waals surface area contributed by atoms with Gasteiger partial charge in [0.15, 0.2) is 0 Å². The molecule has 43 heavy (non-hydrogen) atoms. The standard InChI is InChI=1S/C33H31N3O7/c1-2-43-31(37)17-8-23-5-4-19-33(21-23,26-11-15-28(16-12-26)36(41)42)30-7-3-6-25-22-34(20-18-29(25)30)32(38)24-9-13-27(14-10-24)35(39)40/h3-7,9-16,19H,2,8,17-18,20-22H2,1H3. The Balaban J connectivity index is 1.48. The maximum Gasteiger partial charge on any atom is 0.306 e. The number of allylic oxidation sites excluding steroid dienone is 4. The molecule has 10 heteroatoms. The zero-order chi connectivity index (χ0) is 30.6. The van der Waals surface area contributed by atoms with Crippen LogP contribution in [0.1, 0.15) is 58.8 Å². The first kappa shape index (κ1) is 29.4. The third-order valence-corrected chi connectivity index (χ3v) is 8.13. The van der Waals surface area contributed by atoms with Gasteiger partial charge in [0.05, 0.1) is 16.5 Å². The number of fused-ring (bicyclic) bond motifs is 1. The molecule has 0 fully saturated rings. The maximum atomic E-state index is 13.3. The van der Waals surface area contributed by atoms with Crippen molar-refractivity contribution in [1.29, 1.82) is 0 Å². The first-order valence-electron chi connectivity index (χ1n) is 14.1. The molecule has 1 aliphatic carbocycles. The van der Waals surface area contributed by atoms with Gasteiger partial charge in [-0.1, -0.05) is 54.1 Å². The van der Waals surface area contributed by atoms with Crippen molar-refractivity contribution in [2.45, 2.75) is 44.6 Å². The van der Waals surface area contributed by atoms with Gasteiger partial charge >= 0.3 is 5.97 Å². The van der Waals surface area contributed by atoms with E-state index in [1.807, 2.05) is 24.3 Å². The average molecular weight is 582 g/mol. The molecule has 1 heterocycles. The van der Waals surface area contributed by atoms with E-state index in [9.17, 15) is 29.8 Å². The molecule has 0 aromatic heterocycles. The van der Waals surface area contributed by atoms with E-state index >= 15 is 0 Å². The van der Waals surface area contributed by atoms with Crippen LogP contribution in [0.4, 0.5) is 11.4 Å². The first-order chi connectivity index (χ1) is 20.7. The molecule has 0 spiro atoms. The first-order valence-corrected chi connectivity index (χ1v) is 14.1. The van der Waals surface area contributed by atoms with E-state index in [-0.39, 0.29) is 29.7 Å². The number of non-ortho nitro benzene ring substituents is 2. The molecule has 0 saturated heterocycles. The molecule has 5 rings (SSSR count). The van der Waals surface area contributed by atoms with Crippen LogP contribution in [-0.2, 0) is 27.9 Å². The van der Waals surface area contributed by atoms with Crippen molar-refractivity contribution in [2.75, 3.05) is 13.2 Å². The van der Waals surface area contributed by atoms with Crippen LogP contribution in [0, 0.1) is 20.2 Å². The van der Waals surface area contributed by atoms with E-state index in [1.54, 1.807) is 24.0 Å². The molecule has 3 aromatic rings. The van der Waals surface area contributed by atoms with Crippen molar-refractivity contribution in [3.8, 4) is 0 Å². The molecular formula is C33H31N3O7. The largest absolute Gasteiger partial charge is 0.466 e. The van der Waals surface area contributed by atoms with Crippen LogP contribution in [0.2, 0.25) is 0 Å². The Hall–Kier alpha value is -5.12. The highest BCUT2D eigenvalue weighted by Gasteiger charge is 2.38. The molecule has 10 nitrogen and oxygen atoms in total. The minimum atomic E-state index is -0.635. The number of nitro groups is 2. The molecule has 2 aliphatic rings. The Morgan fingerprint density at radius 1 is 0.953 bits per heavy atom. The summed E-state index contributed by atoms with van der Waals surface area (Å²) in [4.78, 5) is 48.7. The average Bonchev–Trinajstić information content (AvgIpc) is 3.03. The number of nitro benzene ring substituents is 2. The normalized spacial score (nSPS) is 17.5. The van der Waals surface area contributed by atoms with Crippen LogP contribution in [-0.4, -0.2) is 39.8 Å². The quantitative estimate of drug-likeness (QED) is 0.166. The van der Waals surface area contributed by atoms with Crippen LogP contribution in [0.25, 0.3) is 0 Å². The number of esters is 1. The van der Waals surface area contributed by atoms with Gasteiger partial charge in [-0.2, -0.15) is 0 Å². The molecule has 0 N–H and O–H groups in total. The van der Waals surface area contributed by atoms with E-state index in [2.05, 4.69) is 12.1 Å². The lowest BCUT2D eigenvalue weighted by Crippen LogP contribution is -2.38. The lowest BCUT2D eigenvalue weighted by atomic mass is 9.65. The Bertz CT molecular complexity index is 1630. The highest BCUT2D eigenvalue weighted by atomic mass is 16.6. The van der Waals surface area contributed by atoms with Crippen LogP contribution >= 0.6 is 0 Å². The number of amides is 1. The van der Waals surface area contributed by atoms with Gasteiger partial charge in [0.25, 0.3) is 17.3 Å². The summed E-state index contributed by atoms with van der Waals surface area (Å²) in [6, 6.07) is 18.3. The summed E-state index contributed by atoms with van der Waals surface area (Å²) in [7, 11) is 0. The van der Waals surface area contributed by atoms with Crippen molar-refractivity contribution < 1.29 is 24.2 Å². The van der Waals surface area contributed by atoms with Crippen molar-refractivity contribution >= 4 is 23.3 Å². The van der Waals surface area contributed by atoms with Gasteiger partial charge in [0.1, 0.15) is 0 Å². The molecule has 0 radical (unpaired) electrons. The van der Waals surface area contributed by atoms with Gasteiger partial charge in [0.2, 0.25) is 0 Å². The third kappa shape index (κ3) is 6.08. The van der Waals surface area contributed by atoms with Crippen LogP contribution in [0.5, 0.6) is 0 Å². The smallest absolute Gasteiger partial charge is 0.306 e. The summed E-state index contributed by atoms with van der Waals surface area (Å²) in [5.74, 6) is -0.452. The number of ether oxygens (including phenoxy) is 1. The summed E-state index contributed by atoms with van der Waals surface area (Å²) >= 11 is 0. The number of hydrogen-bond acceptors (Lipinski definition) is 7. The molecule has 0 saturated carbocycles. The van der Waals surface area contributed by atoms with E-state index in [1.165, 1.54) is 36.4 Å². The zero-order valence-corrected chi connectivity index (χ0v) is 23.7. The lowest BCUT2D eigenvalue weighted by Gasteiger charge is -2.39. The monoisotopic (exact) mass is 581 g/mol. The number of carbonyl (C=O) groups is 2. The topological polar surface area (TPSA) is 133 Å². The second-order valence-electron chi connectivity index (χ2n) is 10.7. The van der Waals surface area contributed by atoms with Gasteiger partial charge in [-0.25, -0.2) is 0 Å². The predicted molar refractivity (Wildman–Crippen MR) is 160 cm³/mol. The Kier molecular flexibility index (Phi) is 8.47. The molecule has 1 amide bonds. The fourth-order valence-electron chi connectivity index (χ4n) is 6.02. The van der Waals surface area contributed by atoms with E-state index in [0.29, 0.717) is 44.5 Å². The molecule has 3 aromatic carbocycles. The molecule has 220 valence electrons. The number of rotatable bonds is 9. The van der Waals surface area contributed by atoms with Gasteiger partial charge < -0.3 is 9.64 Å². The van der Waals surface area contributed by atoms with Crippen LogP contribution in [0.15, 0.2) is 90.5 Å². The lowest BCUT2D eigenvalue weighted by molar-refractivity contribution is -0.385. The van der Waals surface area contributed by atoms with Crippen molar-refractivity contribution in [3.05, 3.63) is 139 Å². The van der Waals surface area contributed by atoms with Gasteiger partial charge in [-0.15, -0.1) is 0 Å². The van der Waals surface area contributed by atoms with E-state index in [0.717, 1.165) is 27.8 Å². The maximum absolute atomic E-state index is 13.3. The highest BCUT2D eigenvalue weighted by molar-refractivity contribution is 5.94. The number of hydrogen-bond donors (Lipinski definition) is 0. The molecule has 1 unspecified atom stereocenters. The summed E-state index contributed by atoms with van der Waals surface area (Å²) in [6.07, 6.45) is 8.09. The minimum Gasteiger partial charge on any atom is -0.466 e. The SMILES string of the molecule is CCOC(=O)CCC1=CC=CC(c2ccc([N+](=O)[O-])cc2)(c2cccc3c2CCN(C(=O)c2ccc([N+](=O)[O-])cc2)C3)C1. The summed E-state index contributed by atoms with van der Waals surface area (Å²) in [5.41, 5.74) is 4.82. The predicted octanol–water partition coefficient (Wildman–Crippen LogP) is 6.22. The molecular weight excluding hydrogens is 550 g/mol. The van der Waals surface area contributed by atoms with Crippen molar-refractivity contribution in [2.24, 2.45) is 0 Å². The summed E-state index contributed by atoms with van der Waals surface area (Å²) < 4.78 is 5.13. The van der Waals surface area contributed by atoms with Crippen molar-refractivity contribution in [3.63, 3.8) is 0 Å². The number of nitrogens with zero attached hydrogens (tertiary/aromatic N) is 3. The Labute approximate surface area is 248 Å². The second kappa shape index (κ2) is 12.4. The third-order valence-electron chi connectivity index (χ3n) is 8.13. The van der Waals surface area contributed by atoms with Gasteiger partial charge in [-0.3, -0.25) is 29.8 Å². The van der Waals surface area contributed by atoms with E-state index < -0.39 is 15.3 Å². The Morgan fingerprint density at radius 2 is 1.63 bits per heavy atom. The zero-order valence-electron chi connectivity index (χ0n) is 23.7. The van der Waals surface area contributed by atoms with Crippen molar-refractivity contribution in [1.82, 2.24) is 4.90 Å². The van der Waals surface area contributed by atoms with Gasteiger partial charge in [0, 0.05) is 54.8 Å². The second-order valence-corrected chi connectivity index (χ2v) is 10.7. The number of benzene rings is 3. The van der Waals surface area contributed by atoms with Crippen LogP contribution in [0.3, 0.4) is 0 Å². The summed E-state index contributed by atoms with van der Waals surface area (Å²) in [6.45, 7) is 2.94. The molecule has 1 atom stereocenters. The fourth-order valence-corrected chi connectivity index (χ4v) is 6.02. The number of carbonyl (C=O) groups excluding carboxylic acids is 2. The van der Waals surface area contributed by atoms with Gasteiger partial charge in [-0.05, 0) is 60.6 Å². The minimum absolute atomic E-state index is 0.00672. The van der Waals surface area contributed by atoms with E-state index in [4.69, 9.17) is 4.74 Å². The molecule has 1 aliphatic heterocycles. The molecule has 0 bridgehead atoms. The highest BCUT2D eigenvalue weighted by Crippen LogP contribution is 2.46.